The Bertz CT molecular complexity index is 361. The zero-order valence-electron chi connectivity index (χ0n) is 8.73. The zero-order valence-corrected chi connectivity index (χ0v) is 8.73. The molecule has 0 aliphatic heterocycles. The van der Waals surface area contributed by atoms with Crippen molar-refractivity contribution in [2.75, 3.05) is 13.6 Å². The summed E-state index contributed by atoms with van der Waals surface area (Å²) in [4.78, 5) is 14.8. The molecule has 0 spiro atoms. The molecule has 0 aromatic carbocycles. The predicted octanol–water partition coefficient (Wildman–Crippen LogP) is 0.803. The van der Waals surface area contributed by atoms with E-state index in [1.165, 1.54) is 6.20 Å². The van der Waals surface area contributed by atoms with Gasteiger partial charge in [-0.3, -0.25) is 9.78 Å². The molecule has 0 unspecified atom stereocenters. The smallest absolute Gasteiger partial charge is 0.250 e. The minimum Gasteiger partial charge on any atom is -0.366 e. The number of carbonyl (C=O) groups is 1. The number of nitrogens with one attached hydrogen (secondary N) is 1. The van der Waals surface area contributed by atoms with E-state index in [4.69, 9.17) is 5.73 Å². The van der Waals surface area contributed by atoms with E-state index in [0.29, 0.717) is 5.56 Å². The molecule has 4 heteroatoms. The molecular formula is C11H15N3O. The molecule has 1 amide bonds. The van der Waals surface area contributed by atoms with Crippen LogP contribution in [-0.2, 0) is 0 Å². The Morgan fingerprint density at radius 1 is 1.60 bits per heavy atom. The van der Waals surface area contributed by atoms with Gasteiger partial charge in [0.05, 0.1) is 5.56 Å². The first-order valence-electron chi connectivity index (χ1n) is 4.80. The summed E-state index contributed by atoms with van der Waals surface area (Å²) in [7, 11) is 1.91. The Kier molecular flexibility index (Phi) is 4.50. The number of nitrogens with two attached hydrogens (primary N) is 1. The highest BCUT2D eigenvalue weighted by atomic mass is 16.1. The van der Waals surface area contributed by atoms with Crippen molar-refractivity contribution in [3.05, 3.63) is 35.7 Å². The van der Waals surface area contributed by atoms with Crippen LogP contribution < -0.4 is 11.1 Å². The van der Waals surface area contributed by atoms with Crippen LogP contribution in [0.5, 0.6) is 0 Å². The van der Waals surface area contributed by atoms with Crippen molar-refractivity contribution >= 4 is 12.0 Å². The molecule has 0 saturated carbocycles. The van der Waals surface area contributed by atoms with Gasteiger partial charge < -0.3 is 11.1 Å². The van der Waals surface area contributed by atoms with Gasteiger partial charge in [0.2, 0.25) is 5.91 Å². The monoisotopic (exact) mass is 205 g/mol. The maximum atomic E-state index is 10.9. The average molecular weight is 205 g/mol. The van der Waals surface area contributed by atoms with E-state index in [2.05, 4.69) is 10.3 Å². The molecule has 1 aromatic rings. The van der Waals surface area contributed by atoms with Gasteiger partial charge >= 0.3 is 0 Å². The van der Waals surface area contributed by atoms with E-state index in [-0.39, 0.29) is 0 Å². The lowest BCUT2D eigenvalue weighted by atomic mass is 10.2. The summed E-state index contributed by atoms with van der Waals surface area (Å²) >= 11 is 0. The van der Waals surface area contributed by atoms with Crippen molar-refractivity contribution in [2.24, 2.45) is 5.73 Å². The second-order valence-corrected chi connectivity index (χ2v) is 3.17. The summed E-state index contributed by atoms with van der Waals surface area (Å²) in [5.41, 5.74) is 6.47. The molecule has 0 aliphatic rings. The van der Waals surface area contributed by atoms with E-state index in [1.54, 1.807) is 12.3 Å². The number of aromatic nitrogens is 1. The minimum atomic E-state index is -0.451. The fraction of sp³-hybridized carbons (Fsp3) is 0.273. The van der Waals surface area contributed by atoms with Crippen LogP contribution in [0.25, 0.3) is 6.08 Å². The standard InChI is InChI=1S/C11H15N3O/c1-13-5-3-2-4-9-6-10(11(12)15)8-14-7-9/h2,4,6-8,13H,3,5H2,1H3,(H2,12,15). The lowest BCUT2D eigenvalue weighted by molar-refractivity contribution is 0.1000. The molecule has 0 atom stereocenters. The molecular weight excluding hydrogens is 190 g/mol. The third-order valence-electron chi connectivity index (χ3n) is 1.92. The van der Waals surface area contributed by atoms with Crippen molar-refractivity contribution in [1.82, 2.24) is 10.3 Å². The van der Waals surface area contributed by atoms with Crippen molar-refractivity contribution in [2.45, 2.75) is 6.42 Å². The topological polar surface area (TPSA) is 68.0 Å². The van der Waals surface area contributed by atoms with E-state index >= 15 is 0 Å². The van der Waals surface area contributed by atoms with E-state index in [0.717, 1.165) is 18.5 Å². The molecule has 0 saturated heterocycles. The van der Waals surface area contributed by atoms with Gasteiger partial charge in [-0.05, 0) is 31.6 Å². The Labute approximate surface area is 89.2 Å². The Balaban J connectivity index is 2.65. The number of nitrogens with zero attached hydrogens (tertiary/aromatic N) is 1. The molecule has 1 rings (SSSR count). The first-order valence-corrected chi connectivity index (χ1v) is 4.80. The first-order chi connectivity index (χ1) is 7.24. The third-order valence-corrected chi connectivity index (χ3v) is 1.92. The van der Waals surface area contributed by atoms with Crippen LogP contribution in [0.15, 0.2) is 24.5 Å². The Morgan fingerprint density at radius 3 is 3.07 bits per heavy atom. The molecule has 3 N–H and O–H groups in total. The summed E-state index contributed by atoms with van der Waals surface area (Å²) in [5.74, 6) is -0.451. The van der Waals surface area contributed by atoms with Crippen molar-refractivity contribution in [1.29, 1.82) is 0 Å². The lowest BCUT2D eigenvalue weighted by Crippen LogP contribution is -2.11. The van der Waals surface area contributed by atoms with Gasteiger partial charge in [0.15, 0.2) is 0 Å². The third kappa shape index (κ3) is 3.91. The fourth-order valence-corrected chi connectivity index (χ4v) is 1.13. The van der Waals surface area contributed by atoms with Crippen LogP contribution in [0.2, 0.25) is 0 Å². The molecule has 0 bridgehead atoms. The maximum absolute atomic E-state index is 10.9. The average Bonchev–Trinajstić information content (AvgIpc) is 2.25. The predicted molar refractivity (Wildman–Crippen MR) is 60.3 cm³/mol. The Morgan fingerprint density at radius 2 is 2.40 bits per heavy atom. The van der Waals surface area contributed by atoms with Gasteiger partial charge in [-0.25, -0.2) is 0 Å². The van der Waals surface area contributed by atoms with E-state index in [9.17, 15) is 4.79 Å². The van der Waals surface area contributed by atoms with Crippen LogP contribution in [0.3, 0.4) is 0 Å². The van der Waals surface area contributed by atoms with Crippen LogP contribution in [0.1, 0.15) is 22.3 Å². The van der Waals surface area contributed by atoms with Gasteiger partial charge in [-0.15, -0.1) is 0 Å². The number of hydrogen-bond acceptors (Lipinski definition) is 3. The van der Waals surface area contributed by atoms with Crippen LogP contribution >= 0.6 is 0 Å². The van der Waals surface area contributed by atoms with E-state index < -0.39 is 5.91 Å². The largest absolute Gasteiger partial charge is 0.366 e. The van der Waals surface area contributed by atoms with Gasteiger partial charge in [-0.1, -0.05) is 12.2 Å². The molecule has 1 aromatic heterocycles. The van der Waals surface area contributed by atoms with Crippen LogP contribution in [0.4, 0.5) is 0 Å². The van der Waals surface area contributed by atoms with Gasteiger partial charge in [0.1, 0.15) is 0 Å². The molecule has 0 fully saturated rings. The second-order valence-electron chi connectivity index (χ2n) is 3.17. The molecule has 80 valence electrons. The normalized spacial score (nSPS) is 10.7. The molecule has 0 radical (unpaired) electrons. The SMILES string of the molecule is CNCCC=Cc1cncc(C(N)=O)c1. The maximum Gasteiger partial charge on any atom is 0.250 e. The minimum absolute atomic E-state index is 0.436. The van der Waals surface area contributed by atoms with Crippen molar-refractivity contribution in [3.63, 3.8) is 0 Å². The number of primary amides is 1. The summed E-state index contributed by atoms with van der Waals surface area (Å²) < 4.78 is 0. The van der Waals surface area contributed by atoms with Gasteiger partial charge in [-0.2, -0.15) is 0 Å². The molecule has 0 aliphatic carbocycles. The summed E-state index contributed by atoms with van der Waals surface area (Å²) in [6.07, 6.45) is 8.06. The second kappa shape index (κ2) is 5.93. The van der Waals surface area contributed by atoms with Crippen LogP contribution in [0, 0.1) is 0 Å². The highest BCUT2D eigenvalue weighted by Crippen LogP contribution is 2.04. The molecule has 15 heavy (non-hydrogen) atoms. The number of pyridine rings is 1. The summed E-state index contributed by atoms with van der Waals surface area (Å²) in [5, 5.41) is 3.04. The number of carbonyl (C=O) groups excluding carboxylic acids is 1. The molecule has 1 heterocycles. The summed E-state index contributed by atoms with van der Waals surface area (Å²) in [6.45, 7) is 0.930. The zero-order chi connectivity index (χ0) is 11.1. The number of rotatable bonds is 5. The lowest BCUT2D eigenvalue weighted by Gasteiger charge is -1.97. The van der Waals surface area contributed by atoms with Crippen LogP contribution in [-0.4, -0.2) is 24.5 Å². The first kappa shape index (κ1) is 11.4. The molecule has 4 nitrogen and oxygen atoms in total. The highest BCUT2D eigenvalue weighted by molar-refractivity contribution is 5.92. The number of hydrogen-bond donors (Lipinski definition) is 2. The van der Waals surface area contributed by atoms with E-state index in [1.807, 2.05) is 19.2 Å². The highest BCUT2D eigenvalue weighted by Gasteiger charge is 1.99. The quantitative estimate of drug-likeness (QED) is 0.699. The van der Waals surface area contributed by atoms with Gasteiger partial charge in [0.25, 0.3) is 0 Å². The van der Waals surface area contributed by atoms with Crippen molar-refractivity contribution in [3.8, 4) is 0 Å². The summed E-state index contributed by atoms with van der Waals surface area (Å²) in [6, 6.07) is 1.73. The Hall–Kier alpha value is -1.68. The van der Waals surface area contributed by atoms with Crippen molar-refractivity contribution < 1.29 is 4.79 Å². The number of amides is 1. The van der Waals surface area contributed by atoms with Gasteiger partial charge in [0, 0.05) is 12.4 Å². The fourth-order valence-electron chi connectivity index (χ4n) is 1.13.